The summed E-state index contributed by atoms with van der Waals surface area (Å²) in [5.74, 6) is -0.755. The van der Waals surface area contributed by atoms with Crippen molar-refractivity contribution in [1.82, 2.24) is 15.1 Å². The van der Waals surface area contributed by atoms with Crippen molar-refractivity contribution < 1.29 is 18.4 Å². The lowest BCUT2D eigenvalue weighted by Crippen LogP contribution is -2.52. The summed E-state index contributed by atoms with van der Waals surface area (Å²) in [7, 11) is 0. The van der Waals surface area contributed by atoms with Crippen LogP contribution in [-0.4, -0.2) is 53.1 Å². The first-order valence-electron chi connectivity index (χ1n) is 11.7. The maximum Gasteiger partial charge on any atom is 0.256 e. The number of piperidine rings is 1. The fourth-order valence-electron chi connectivity index (χ4n) is 4.61. The standard InChI is InChI=1S/C26H25F2N5O2/c27-22-4-2-1-3-21(22)26(35)32-13-11-18(12-14-32)17-5-7-20(8-6-17)29-25(34)19-15-33(16-19)24-10-9-23(28)30-31-24/h1-10,18-19H,11-16H2,(H,29,34). The molecule has 2 aliphatic heterocycles. The zero-order valence-corrected chi connectivity index (χ0v) is 19.0. The molecule has 0 radical (unpaired) electrons. The fraction of sp³-hybridized carbons (Fsp3) is 0.308. The third-order valence-corrected chi connectivity index (χ3v) is 6.73. The first-order valence-corrected chi connectivity index (χ1v) is 11.7. The van der Waals surface area contributed by atoms with Crippen LogP contribution >= 0.6 is 0 Å². The Labute approximate surface area is 201 Å². The van der Waals surface area contributed by atoms with Gasteiger partial charge in [-0.2, -0.15) is 4.39 Å². The molecule has 2 fully saturated rings. The Morgan fingerprint density at radius 1 is 0.886 bits per heavy atom. The predicted octanol–water partition coefficient (Wildman–Crippen LogP) is 3.85. The molecule has 0 saturated carbocycles. The average molecular weight is 478 g/mol. The third-order valence-electron chi connectivity index (χ3n) is 6.73. The van der Waals surface area contributed by atoms with Gasteiger partial charge in [-0.05, 0) is 60.7 Å². The minimum Gasteiger partial charge on any atom is -0.353 e. The number of hydrogen-bond acceptors (Lipinski definition) is 5. The van der Waals surface area contributed by atoms with E-state index in [0.717, 1.165) is 24.1 Å². The quantitative estimate of drug-likeness (QED) is 0.604. The zero-order valence-electron chi connectivity index (χ0n) is 19.0. The summed E-state index contributed by atoms with van der Waals surface area (Å²) in [6, 6.07) is 16.7. The number of nitrogens with zero attached hydrogens (tertiary/aromatic N) is 4. The normalized spacial score (nSPS) is 16.6. The van der Waals surface area contributed by atoms with Crippen LogP contribution in [0.2, 0.25) is 0 Å². The van der Waals surface area contributed by atoms with Gasteiger partial charge in [0.2, 0.25) is 11.9 Å². The first-order chi connectivity index (χ1) is 17.0. The third kappa shape index (κ3) is 4.99. The monoisotopic (exact) mass is 477 g/mol. The summed E-state index contributed by atoms with van der Waals surface area (Å²) in [6.07, 6.45) is 1.60. The summed E-state index contributed by atoms with van der Waals surface area (Å²) < 4.78 is 26.9. The van der Waals surface area contributed by atoms with E-state index in [2.05, 4.69) is 15.5 Å². The van der Waals surface area contributed by atoms with Crippen LogP contribution in [0, 0.1) is 17.7 Å². The molecule has 0 spiro atoms. The predicted molar refractivity (Wildman–Crippen MR) is 127 cm³/mol. The molecule has 2 amide bonds. The lowest BCUT2D eigenvalue weighted by Gasteiger charge is -2.38. The van der Waals surface area contributed by atoms with Crippen LogP contribution in [0.15, 0.2) is 60.7 Å². The van der Waals surface area contributed by atoms with E-state index < -0.39 is 11.8 Å². The van der Waals surface area contributed by atoms with Crippen LogP contribution in [0.1, 0.15) is 34.7 Å². The number of carbonyl (C=O) groups excluding carboxylic acids is 2. The Hall–Kier alpha value is -3.88. The van der Waals surface area contributed by atoms with Gasteiger partial charge in [0.15, 0.2) is 5.82 Å². The van der Waals surface area contributed by atoms with E-state index in [4.69, 9.17) is 0 Å². The van der Waals surface area contributed by atoms with Crippen molar-refractivity contribution in [3.63, 3.8) is 0 Å². The summed E-state index contributed by atoms with van der Waals surface area (Å²) >= 11 is 0. The second-order valence-electron chi connectivity index (χ2n) is 8.97. The molecule has 1 aromatic heterocycles. The number of likely N-dealkylation sites (tertiary alicyclic amines) is 1. The molecule has 0 aliphatic carbocycles. The van der Waals surface area contributed by atoms with E-state index in [0.29, 0.717) is 37.9 Å². The van der Waals surface area contributed by atoms with Crippen molar-refractivity contribution in [3.05, 3.63) is 83.6 Å². The molecule has 0 bridgehead atoms. The highest BCUT2D eigenvalue weighted by Crippen LogP contribution is 2.30. The molecule has 1 N–H and O–H groups in total. The molecule has 5 rings (SSSR count). The molecule has 0 atom stereocenters. The first kappa shape index (κ1) is 22.9. The molecular formula is C26H25F2N5O2. The number of nitrogens with one attached hydrogen (secondary N) is 1. The summed E-state index contributed by atoms with van der Waals surface area (Å²) in [4.78, 5) is 28.8. The van der Waals surface area contributed by atoms with Crippen LogP contribution in [0.5, 0.6) is 0 Å². The number of aromatic nitrogens is 2. The second kappa shape index (κ2) is 9.77. The van der Waals surface area contributed by atoms with E-state index >= 15 is 0 Å². The van der Waals surface area contributed by atoms with E-state index in [9.17, 15) is 18.4 Å². The Balaban J connectivity index is 1.10. The Kier molecular flexibility index (Phi) is 6.39. The molecule has 2 saturated heterocycles. The molecule has 2 aliphatic rings. The van der Waals surface area contributed by atoms with E-state index in [-0.39, 0.29) is 23.3 Å². The van der Waals surface area contributed by atoms with Gasteiger partial charge in [-0.1, -0.05) is 24.3 Å². The van der Waals surface area contributed by atoms with E-state index in [1.807, 2.05) is 29.2 Å². The molecule has 180 valence electrons. The Morgan fingerprint density at radius 2 is 1.60 bits per heavy atom. The lowest BCUT2D eigenvalue weighted by molar-refractivity contribution is -0.120. The molecule has 3 aromatic rings. The largest absolute Gasteiger partial charge is 0.353 e. The number of anilines is 2. The molecule has 35 heavy (non-hydrogen) atoms. The molecule has 3 heterocycles. The van der Waals surface area contributed by atoms with E-state index in [1.54, 1.807) is 23.1 Å². The van der Waals surface area contributed by atoms with Crippen molar-refractivity contribution >= 4 is 23.3 Å². The van der Waals surface area contributed by atoms with Crippen LogP contribution in [0.25, 0.3) is 0 Å². The maximum absolute atomic E-state index is 14.0. The summed E-state index contributed by atoms with van der Waals surface area (Å²) in [5.41, 5.74) is 2.00. The maximum atomic E-state index is 14.0. The van der Waals surface area contributed by atoms with Gasteiger partial charge in [0.1, 0.15) is 5.82 Å². The highest BCUT2D eigenvalue weighted by atomic mass is 19.1. The van der Waals surface area contributed by atoms with Gasteiger partial charge in [-0.25, -0.2) is 4.39 Å². The SMILES string of the molecule is O=C(Nc1ccc(C2CCN(C(=O)c3ccccc3F)CC2)cc1)C1CN(c2ccc(F)nn2)C1. The molecule has 0 unspecified atom stereocenters. The van der Waals surface area contributed by atoms with E-state index in [1.165, 1.54) is 18.2 Å². The topological polar surface area (TPSA) is 78.4 Å². The Morgan fingerprint density at radius 3 is 2.26 bits per heavy atom. The number of rotatable bonds is 5. The molecule has 2 aromatic carbocycles. The number of carbonyl (C=O) groups is 2. The molecular weight excluding hydrogens is 452 g/mol. The second-order valence-corrected chi connectivity index (χ2v) is 8.97. The summed E-state index contributed by atoms with van der Waals surface area (Å²) in [6.45, 7) is 2.17. The van der Waals surface area contributed by atoms with Crippen LogP contribution in [0.4, 0.5) is 20.3 Å². The van der Waals surface area contributed by atoms with Crippen LogP contribution in [-0.2, 0) is 4.79 Å². The number of halogens is 2. The number of amides is 2. The van der Waals surface area contributed by atoms with Gasteiger partial charge in [0.05, 0.1) is 11.5 Å². The Bertz CT molecular complexity index is 1210. The van der Waals surface area contributed by atoms with Crippen molar-refractivity contribution in [2.45, 2.75) is 18.8 Å². The highest BCUT2D eigenvalue weighted by Gasteiger charge is 2.34. The molecule has 9 heteroatoms. The van der Waals surface area contributed by atoms with Crippen molar-refractivity contribution in [1.29, 1.82) is 0 Å². The van der Waals surface area contributed by atoms with Crippen molar-refractivity contribution in [3.8, 4) is 0 Å². The van der Waals surface area contributed by atoms with Gasteiger partial charge < -0.3 is 15.1 Å². The zero-order chi connectivity index (χ0) is 24.4. The minimum absolute atomic E-state index is 0.0657. The number of hydrogen-bond donors (Lipinski definition) is 1. The smallest absolute Gasteiger partial charge is 0.256 e. The summed E-state index contributed by atoms with van der Waals surface area (Å²) in [5, 5.41) is 10.2. The number of benzene rings is 2. The van der Waals surface area contributed by atoms with Gasteiger partial charge in [-0.3, -0.25) is 9.59 Å². The molecule has 7 nitrogen and oxygen atoms in total. The van der Waals surface area contributed by atoms with Gasteiger partial charge in [0, 0.05) is 31.9 Å². The van der Waals surface area contributed by atoms with Gasteiger partial charge in [0.25, 0.3) is 5.91 Å². The van der Waals surface area contributed by atoms with Gasteiger partial charge >= 0.3 is 0 Å². The van der Waals surface area contributed by atoms with Crippen molar-refractivity contribution in [2.75, 3.05) is 36.4 Å². The lowest BCUT2D eigenvalue weighted by atomic mass is 9.89. The van der Waals surface area contributed by atoms with Gasteiger partial charge in [-0.15, -0.1) is 10.2 Å². The minimum atomic E-state index is -0.631. The highest BCUT2D eigenvalue weighted by molar-refractivity contribution is 5.95. The fourth-order valence-corrected chi connectivity index (χ4v) is 4.61. The van der Waals surface area contributed by atoms with Crippen molar-refractivity contribution in [2.24, 2.45) is 5.92 Å². The average Bonchev–Trinajstić information content (AvgIpc) is 2.85. The van der Waals surface area contributed by atoms with Crippen LogP contribution in [0.3, 0.4) is 0 Å². The van der Waals surface area contributed by atoms with Crippen LogP contribution < -0.4 is 10.2 Å².